The molecule has 0 aliphatic heterocycles. The quantitative estimate of drug-likeness (QED) is 0.506. The molecule has 1 aromatic heterocycles. The highest BCUT2D eigenvalue weighted by Crippen LogP contribution is 2.17. The van der Waals surface area contributed by atoms with E-state index in [9.17, 15) is 14.5 Å². The Kier molecular flexibility index (Phi) is 5.38. The number of benzene rings is 2. The molecule has 0 bridgehead atoms. The molecule has 2 aromatic carbocycles. The van der Waals surface area contributed by atoms with Gasteiger partial charge in [0.05, 0.1) is 4.92 Å². The molecule has 1 N–H and O–H groups in total. The van der Waals surface area contributed by atoms with Gasteiger partial charge in [0, 0.05) is 18.2 Å². The molecule has 6 nitrogen and oxygen atoms in total. The van der Waals surface area contributed by atoms with Crippen molar-refractivity contribution in [1.29, 1.82) is 0 Å². The number of nitrogens with zero attached hydrogens (tertiary/aromatic N) is 2. The maximum Gasteiger partial charge on any atom is 0.287 e. The van der Waals surface area contributed by atoms with E-state index in [0.717, 1.165) is 5.56 Å². The molecule has 132 valence electrons. The van der Waals surface area contributed by atoms with E-state index in [1.807, 2.05) is 12.1 Å². The molecule has 3 aromatic rings. The maximum absolute atomic E-state index is 13.6. The molecule has 0 spiro atoms. The Bertz CT molecular complexity index is 883. The largest absolute Gasteiger partial charge is 0.489 e. The highest BCUT2D eigenvalue weighted by molar-refractivity contribution is 5.41. The number of hydrogen-bond donors (Lipinski definition) is 1. The van der Waals surface area contributed by atoms with Crippen LogP contribution < -0.4 is 10.1 Å². The van der Waals surface area contributed by atoms with Crippen molar-refractivity contribution in [1.82, 2.24) is 4.98 Å². The van der Waals surface area contributed by atoms with Gasteiger partial charge in [0.2, 0.25) is 0 Å². The first-order valence-electron chi connectivity index (χ1n) is 7.91. The summed E-state index contributed by atoms with van der Waals surface area (Å²) in [6.45, 7) is 0.676. The normalized spacial score (nSPS) is 10.3. The first-order valence-corrected chi connectivity index (χ1v) is 7.91. The van der Waals surface area contributed by atoms with Gasteiger partial charge in [-0.15, -0.1) is 0 Å². The standard InChI is InChI=1S/C19H16FN3O3/c20-18-4-2-1-3-15(18)13-26-17-8-5-14(6-9-17)11-21-19-10-7-16(12-22-19)23(24)25/h1-10,12H,11,13H2,(H,21,22). The van der Waals surface area contributed by atoms with Crippen molar-refractivity contribution >= 4 is 11.5 Å². The van der Waals surface area contributed by atoms with E-state index in [-0.39, 0.29) is 18.1 Å². The van der Waals surface area contributed by atoms with E-state index in [2.05, 4.69) is 10.3 Å². The van der Waals surface area contributed by atoms with Crippen LogP contribution in [0.4, 0.5) is 15.9 Å². The first kappa shape index (κ1) is 17.3. The third-order valence-electron chi connectivity index (χ3n) is 3.71. The van der Waals surface area contributed by atoms with Crippen LogP contribution in [0.3, 0.4) is 0 Å². The zero-order chi connectivity index (χ0) is 18.4. The molecule has 26 heavy (non-hydrogen) atoms. The molecule has 3 rings (SSSR count). The molecule has 0 aliphatic rings. The lowest BCUT2D eigenvalue weighted by Crippen LogP contribution is -2.02. The molecule has 7 heteroatoms. The third-order valence-corrected chi connectivity index (χ3v) is 3.71. The Hall–Kier alpha value is -3.48. The predicted octanol–water partition coefficient (Wildman–Crippen LogP) is 4.32. The molecule has 0 saturated heterocycles. The van der Waals surface area contributed by atoms with Crippen LogP contribution in [0.25, 0.3) is 0 Å². The number of rotatable bonds is 7. The van der Waals surface area contributed by atoms with Crippen molar-refractivity contribution in [3.63, 3.8) is 0 Å². The second-order valence-corrected chi connectivity index (χ2v) is 5.54. The van der Waals surface area contributed by atoms with Crippen LogP contribution in [0.2, 0.25) is 0 Å². The summed E-state index contributed by atoms with van der Waals surface area (Å²) < 4.78 is 19.1. The molecule has 0 unspecified atom stereocenters. The minimum atomic E-state index is -0.489. The van der Waals surface area contributed by atoms with Crippen molar-refractivity contribution in [2.24, 2.45) is 0 Å². The van der Waals surface area contributed by atoms with Gasteiger partial charge >= 0.3 is 0 Å². The molecular weight excluding hydrogens is 337 g/mol. The summed E-state index contributed by atoms with van der Waals surface area (Å²) in [6, 6.07) is 16.8. The highest BCUT2D eigenvalue weighted by Gasteiger charge is 2.05. The van der Waals surface area contributed by atoms with E-state index in [0.29, 0.717) is 23.7 Å². The van der Waals surface area contributed by atoms with Crippen molar-refractivity contribution < 1.29 is 14.1 Å². The lowest BCUT2D eigenvalue weighted by molar-refractivity contribution is -0.385. The molecule has 0 saturated carbocycles. The first-order chi connectivity index (χ1) is 12.6. The van der Waals surface area contributed by atoms with Crippen LogP contribution in [0.1, 0.15) is 11.1 Å². The van der Waals surface area contributed by atoms with Gasteiger partial charge in [-0.2, -0.15) is 0 Å². The van der Waals surface area contributed by atoms with E-state index < -0.39 is 4.92 Å². The smallest absolute Gasteiger partial charge is 0.287 e. The Morgan fingerprint density at radius 3 is 2.50 bits per heavy atom. The average molecular weight is 353 g/mol. The Morgan fingerprint density at radius 2 is 1.85 bits per heavy atom. The zero-order valence-electron chi connectivity index (χ0n) is 13.8. The number of aromatic nitrogens is 1. The molecule has 0 radical (unpaired) electrons. The maximum atomic E-state index is 13.6. The summed E-state index contributed by atoms with van der Waals surface area (Å²) in [5, 5.41) is 13.7. The molecule has 0 aliphatic carbocycles. The van der Waals surface area contributed by atoms with Crippen molar-refractivity contribution in [3.8, 4) is 5.75 Å². The fraction of sp³-hybridized carbons (Fsp3) is 0.105. The minimum Gasteiger partial charge on any atom is -0.489 e. The number of halogens is 1. The molecule has 0 atom stereocenters. The molecular formula is C19H16FN3O3. The van der Waals surface area contributed by atoms with Crippen LogP contribution in [0.15, 0.2) is 66.9 Å². The van der Waals surface area contributed by atoms with Gasteiger partial charge in [-0.3, -0.25) is 10.1 Å². The van der Waals surface area contributed by atoms with Gasteiger partial charge in [0.15, 0.2) is 0 Å². The average Bonchev–Trinajstić information content (AvgIpc) is 2.67. The van der Waals surface area contributed by atoms with Crippen molar-refractivity contribution in [2.45, 2.75) is 13.2 Å². The lowest BCUT2D eigenvalue weighted by atomic mass is 10.2. The van der Waals surface area contributed by atoms with Crippen molar-refractivity contribution in [3.05, 3.63) is 93.9 Å². The van der Waals surface area contributed by atoms with E-state index >= 15 is 0 Å². The summed E-state index contributed by atoms with van der Waals surface area (Å²) in [5.74, 6) is 0.907. The summed E-state index contributed by atoms with van der Waals surface area (Å²) in [6.07, 6.45) is 1.21. The van der Waals surface area contributed by atoms with Gasteiger partial charge < -0.3 is 10.1 Å². The second kappa shape index (κ2) is 8.06. The van der Waals surface area contributed by atoms with Crippen LogP contribution in [-0.2, 0) is 13.2 Å². The topological polar surface area (TPSA) is 77.3 Å². The lowest BCUT2D eigenvalue weighted by Gasteiger charge is -2.09. The van der Waals surface area contributed by atoms with Gasteiger partial charge in [-0.05, 0) is 29.8 Å². The Balaban J connectivity index is 1.52. The minimum absolute atomic E-state index is 0.0492. The van der Waals surface area contributed by atoms with E-state index in [1.165, 1.54) is 18.3 Å². The zero-order valence-corrected chi connectivity index (χ0v) is 13.8. The fourth-order valence-electron chi connectivity index (χ4n) is 2.27. The molecule has 0 fully saturated rings. The summed E-state index contributed by atoms with van der Waals surface area (Å²) in [7, 11) is 0. The van der Waals surface area contributed by atoms with E-state index in [4.69, 9.17) is 4.74 Å². The van der Waals surface area contributed by atoms with Crippen LogP contribution in [0, 0.1) is 15.9 Å². The monoisotopic (exact) mass is 353 g/mol. The summed E-state index contributed by atoms with van der Waals surface area (Å²) in [5.41, 5.74) is 1.44. The third kappa shape index (κ3) is 4.54. The number of hydrogen-bond acceptors (Lipinski definition) is 5. The number of pyridine rings is 1. The SMILES string of the molecule is O=[N+]([O-])c1ccc(NCc2ccc(OCc3ccccc3F)cc2)nc1. The summed E-state index contributed by atoms with van der Waals surface area (Å²) >= 11 is 0. The van der Waals surface area contributed by atoms with Crippen LogP contribution in [-0.4, -0.2) is 9.91 Å². The molecule has 1 heterocycles. The van der Waals surface area contributed by atoms with Crippen molar-refractivity contribution in [2.75, 3.05) is 5.32 Å². The fourth-order valence-corrected chi connectivity index (χ4v) is 2.27. The van der Waals surface area contributed by atoms with Gasteiger partial charge in [0.1, 0.15) is 30.2 Å². The molecule has 0 amide bonds. The Morgan fingerprint density at radius 1 is 1.08 bits per heavy atom. The number of anilines is 1. The number of ether oxygens (including phenoxy) is 1. The van der Waals surface area contributed by atoms with Gasteiger partial charge in [-0.1, -0.05) is 30.3 Å². The second-order valence-electron chi connectivity index (χ2n) is 5.54. The van der Waals surface area contributed by atoms with Crippen LogP contribution >= 0.6 is 0 Å². The summed E-state index contributed by atoms with van der Waals surface area (Å²) in [4.78, 5) is 14.1. The number of nitrogens with one attached hydrogen (secondary N) is 1. The van der Waals surface area contributed by atoms with Crippen LogP contribution in [0.5, 0.6) is 5.75 Å². The van der Waals surface area contributed by atoms with Gasteiger partial charge in [0.25, 0.3) is 5.69 Å². The van der Waals surface area contributed by atoms with E-state index in [1.54, 1.807) is 36.4 Å². The number of nitro groups is 1. The Labute approximate surface area is 149 Å². The van der Waals surface area contributed by atoms with Gasteiger partial charge in [-0.25, -0.2) is 9.37 Å². The highest BCUT2D eigenvalue weighted by atomic mass is 19.1. The predicted molar refractivity (Wildman–Crippen MR) is 95.4 cm³/mol.